The van der Waals surface area contributed by atoms with Gasteiger partial charge in [0.1, 0.15) is 0 Å². The van der Waals surface area contributed by atoms with Gasteiger partial charge in [-0.05, 0) is 44.5 Å². The molecule has 1 aliphatic rings. The molecule has 3 rings (SSSR count). The van der Waals surface area contributed by atoms with Crippen LogP contribution in [0.15, 0.2) is 18.3 Å². The number of likely N-dealkylation sites (tertiary alicyclic amines) is 1. The van der Waals surface area contributed by atoms with Gasteiger partial charge in [-0.1, -0.05) is 26.7 Å². The summed E-state index contributed by atoms with van der Waals surface area (Å²) in [4.78, 5) is 7.15. The topological polar surface area (TPSA) is 34.0 Å². The molecule has 0 spiro atoms. The summed E-state index contributed by atoms with van der Waals surface area (Å²) in [6.45, 7) is 9.05. The van der Waals surface area contributed by atoms with E-state index in [1.165, 1.54) is 56.3 Å². The average Bonchev–Trinajstić information content (AvgIpc) is 2.93. The lowest BCUT2D eigenvalue weighted by atomic mass is 10.0. The zero-order valence-electron chi connectivity index (χ0n) is 14.0. The van der Waals surface area contributed by atoms with E-state index in [0.29, 0.717) is 5.92 Å². The zero-order chi connectivity index (χ0) is 15.4. The number of piperidine rings is 1. The van der Waals surface area contributed by atoms with E-state index >= 15 is 0 Å². The van der Waals surface area contributed by atoms with Gasteiger partial charge in [0.25, 0.3) is 0 Å². The summed E-state index contributed by atoms with van der Waals surface area (Å²) in [6.07, 6.45) is 8.35. The first kappa shape index (κ1) is 15.5. The van der Waals surface area contributed by atoms with Gasteiger partial charge in [-0.2, -0.15) is 5.10 Å². The maximum Gasteiger partial charge on any atom is 0.158 e. The Balaban J connectivity index is 1.79. The molecule has 4 heteroatoms. The van der Waals surface area contributed by atoms with Crippen molar-refractivity contribution in [2.45, 2.75) is 58.4 Å². The van der Waals surface area contributed by atoms with E-state index in [1.54, 1.807) is 0 Å². The van der Waals surface area contributed by atoms with Crippen LogP contribution in [0.5, 0.6) is 0 Å². The maximum atomic E-state index is 4.92. The fourth-order valence-corrected chi connectivity index (χ4v) is 3.54. The molecule has 0 aromatic carbocycles. The van der Waals surface area contributed by atoms with Gasteiger partial charge < -0.3 is 4.90 Å². The standard InChI is InChI=1S/C18H28N4/c1-3-8-15(2)17-16-9-7-10-19-18(16)22(20-17)14-13-21-11-5-4-6-12-21/h7,9-10,15H,3-6,8,11-14H2,1-2H3. The number of aromatic nitrogens is 3. The highest BCUT2D eigenvalue weighted by Gasteiger charge is 2.17. The second-order valence-electron chi connectivity index (χ2n) is 6.57. The number of hydrogen-bond acceptors (Lipinski definition) is 3. The lowest BCUT2D eigenvalue weighted by molar-refractivity contribution is 0.218. The van der Waals surface area contributed by atoms with Crippen LogP contribution in [0.2, 0.25) is 0 Å². The minimum absolute atomic E-state index is 0.507. The predicted molar refractivity (Wildman–Crippen MR) is 91.1 cm³/mol. The van der Waals surface area contributed by atoms with Crippen LogP contribution in [0.4, 0.5) is 0 Å². The van der Waals surface area contributed by atoms with Crippen LogP contribution in [0.25, 0.3) is 11.0 Å². The molecule has 1 fully saturated rings. The number of hydrogen-bond donors (Lipinski definition) is 0. The summed E-state index contributed by atoms with van der Waals surface area (Å²) < 4.78 is 2.13. The molecule has 0 radical (unpaired) electrons. The molecule has 22 heavy (non-hydrogen) atoms. The van der Waals surface area contributed by atoms with E-state index in [-0.39, 0.29) is 0 Å². The van der Waals surface area contributed by atoms with Crippen LogP contribution >= 0.6 is 0 Å². The molecule has 120 valence electrons. The molecule has 0 saturated carbocycles. The molecule has 1 aliphatic heterocycles. The van der Waals surface area contributed by atoms with Crippen molar-refractivity contribution in [1.29, 1.82) is 0 Å². The monoisotopic (exact) mass is 300 g/mol. The van der Waals surface area contributed by atoms with Crippen LogP contribution in [0, 0.1) is 0 Å². The predicted octanol–water partition coefficient (Wildman–Crippen LogP) is 3.82. The highest BCUT2D eigenvalue weighted by Crippen LogP contribution is 2.26. The van der Waals surface area contributed by atoms with Crippen molar-refractivity contribution in [3.8, 4) is 0 Å². The van der Waals surface area contributed by atoms with Crippen molar-refractivity contribution in [3.05, 3.63) is 24.0 Å². The Bertz CT molecular complexity index is 598. The van der Waals surface area contributed by atoms with Crippen LogP contribution in [0.1, 0.15) is 57.6 Å². The number of rotatable bonds is 6. The van der Waals surface area contributed by atoms with Gasteiger partial charge in [-0.3, -0.25) is 0 Å². The SMILES string of the molecule is CCCC(C)c1nn(CCN2CCCCC2)c2ncccc12. The molecule has 4 nitrogen and oxygen atoms in total. The normalized spacial score (nSPS) is 17.9. The van der Waals surface area contributed by atoms with E-state index in [0.717, 1.165) is 18.7 Å². The van der Waals surface area contributed by atoms with Crippen LogP contribution in [-0.4, -0.2) is 39.3 Å². The van der Waals surface area contributed by atoms with E-state index < -0.39 is 0 Å². The average molecular weight is 300 g/mol. The van der Waals surface area contributed by atoms with Gasteiger partial charge in [0.15, 0.2) is 5.65 Å². The summed E-state index contributed by atoms with van der Waals surface area (Å²) in [7, 11) is 0. The molecule has 2 aromatic rings. The summed E-state index contributed by atoms with van der Waals surface area (Å²) in [5.41, 5.74) is 2.28. The van der Waals surface area contributed by atoms with Gasteiger partial charge in [0, 0.05) is 24.0 Å². The van der Waals surface area contributed by atoms with Crippen molar-refractivity contribution < 1.29 is 0 Å². The third-order valence-corrected chi connectivity index (χ3v) is 4.80. The summed E-state index contributed by atoms with van der Waals surface area (Å²) in [5, 5.41) is 6.16. The van der Waals surface area contributed by atoms with E-state index in [1.807, 2.05) is 12.3 Å². The van der Waals surface area contributed by atoms with Crippen molar-refractivity contribution in [3.63, 3.8) is 0 Å². The highest BCUT2D eigenvalue weighted by molar-refractivity contribution is 5.78. The lowest BCUT2D eigenvalue weighted by Crippen LogP contribution is -2.32. The van der Waals surface area contributed by atoms with Crippen molar-refractivity contribution >= 4 is 11.0 Å². The lowest BCUT2D eigenvalue weighted by Gasteiger charge is -2.26. The summed E-state index contributed by atoms with van der Waals surface area (Å²) >= 11 is 0. The van der Waals surface area contributed by atoms with Gasteiger partial charge in [-0.25, -0.2) is 9.67 Å². The minimum Gasteiger partial charge on any atom is -0.301 e. The molecule has 0 bridgehead atoms. The fourth-order valence-electron chi connectivity index (χ4n) is 3.54. The van der Waals surface area contributed by atoms with Crippen molar-refractivity contribution in [2.75, 3.05) is 19.6 Å². The van der Waals surface area contributed by atoms with Crippen LogP contribution < -0.4 is 0 Å². The molecular formula is C18H28N4. The Morgan fingerprint density at radius 1 is 1.18 bits per heavy atom. The number of fused-ring (bicyclic) bond motifs is 1. The zero-order valence-corrected chi connectivity index (χ0v) is 14.0. The van der Waals surface area contributed by atoms with Crippen molar-refractivity contribution in [1.82, 2.24) is 19.7 Å². The van der Waals surface area contributed by atoms with Gasteiger partial charge in [-0.15, -0.1) is 0 Å². The first-order valence-electron chi connectivity index (χ1n) is 8.83. The molecule has 3 heterocycles. The maximum absolute atomic E-state index is 4.92. The van der Waals surface area contributed by atoms with Crippen LogP contribution in [0.3, 0.4) is 0 Å². The van der Waals surface area contributed by atoms with Crippen molar-refractivity contribution in [2.24, 2.45) is 0 Å². The second kappa shape index (κ2) is 7.23. The molecule has 0 aliphatic carbocycles. The fraction of sp³-hybridized carbons (Fsp3) is 0.667. The highest BCUT2D eigenvalue weighted by atomic mass is 15.3. The third kappa shape index (κ3) is 3.32. The first-order chi connectivity index (χ1) is 10.8. The first-order valence-corrected chi connectivity index (χ1v) is 8.83. The molecule has 0 amide bonds. The third-order valence-electron chi connectivity index (χ3n) is 4.80. The van der Waals surface area contributed by atoms with E-state index in [9.17, 15) is 0 Å². The van der Waals surface area contributed by atoms with Gasteiger partial charge >= 0.3 is 0 Å². The Morgan fingerprint density at radius 2 is 2.00 bits per heavy atom. The Morgan fingerprint density at radius 3 is 2.77 bits per heavy atom. The second-order valence-corrected chi connectivity index (χ2v) is 6.57. The van der Waals surface area contributed by atoms with Gasteiger partial charge in [0.05, 0.1) is 12.2 Å². The van der Waals surface area contributed by atoms with E-state index in [2.05, 4.69) is 34.5 Å². The smallest absolute Gasteiger partial charge is 0.158 e. The Labute approximate surface area is 133 Å². The minimum atomic E-state index is 0.507. The summed E-state index contributed by atoms with van der Waals surface area (Å²) in [6, 6.07) is 4.20. The quantitative estimate of drug-likeness (QED) is 0.813. The molecule has 1 atom stereocenters. The summed E-state index contributed by atoms with van der Waals surface area (Å²) in [5.74, 6) is 0.507. The molecule has 0 N–H and O–H groups in total. The van der Waals surface area contributed by atoms with E-state index in [4.69, 9.17) is 5.10 Å². The molecular weight excluding hydrogens is 272 g/mol. The van der Waals surface area contributed by atoms with Crippen LogP contribution in [-0.2, 0) is 6.54 Å². The molecule has 1 unspecified atom stereocenters. The number of nitrogens with zero attached hydrogens (tertiary/aromatic N) is 4. The number of pyridine rings is 1. The molecule has 2 aromatic heterocycles. The van der Waals surface area contributed by atoms with Gasteiger partial charge in [0.2, 0.25) is 0 Å². The Kier molecular flexibility index (Phi) is 5.08. The molecule has 1 saturated heterocycles. The largest absolute Gasteiger partial charge is 0.301 e. The Hall–Kier alpha value is -1.42.